The minimum atomic E-state index is -3.80. The molecule has 0 aliphatic carbocycles. The van der Waals surface area contributed by atoms with Gasteiger partial charge >= 0.3 is 11.9 Å². The summed E-state index contributed by atoms with van der Waals surface area (Å²) in [6, 6.07) is 5.42. The first-order valence-corrected chi connectivity index (χ1v) is 10.8. The summed E-state index contributed by atoms with van der Waals surface area (Å²) in [5, 5.41) is 0. The first-order valence-electron chi connectivity index (χ1n) is 9.38. The number of carbonyl (C=O) groups is 2. The quantitative estimate of drug-likeness (QED) is 0.577. The van der Waals surface area contributed by atoms with Gasteiger partial charge in [-0.25, -0.2) is 18.0 Å². The maximum atomic E-state index is 12.9. The SMILES string of the molecule is COC(=O)c1cc(COC(=O)c2cc(S(=O)(=O)N3CCOCC3)ccc2OC)oc1C. The number of rotatable bonds is 7. The summed E-state index contributed by atoms with van der Waals surface area (Å²) in [4.78, 5) is 24.3. The van der Waals surface area contributed by atoms with E-state index in [2.05, 4.69) is 4.74 Å². The lowest BCUT2D eigenvalue weighted by molar-refractivity contribution is 0.0440. The highest BCUT2D eigenvalue weighted by atomic mass is 32.2. The lowest BCUT2D eigenvalue weighted by atomic mass is 10.2. The number of esters is 2. The Morgan fingerprint density at radius 2 is 1.77 bits per heavy atom. The van der Waals surface area contributed by atoms with E-state index in [1.165, 1.54) is 42.8 Å². The fraction of sp³-hybridized carbons (Fsp3) is 0.400. The van der Waals surface area contributed by atoms with Crippen molar-refractivity contribution in [3.8, 4) is 5.75 Å². The maximum Gasteiger partial charge on any atom is 0.342 e. The number of methoxy groups -OCH3 is 2. The van der Waals surface area contributed by atoms with E-state index in [-0.39, 0.29) is 47.2 Å². The zero-order chi connectivity index (χ0) is 22.6. The largest absolute Gasteiger partial charge is 0.496 e. The standard InChI is InChI=1S/C20H23NO9S/c1-13-16(19(22)27-3)10-14(30-13)12-29-20(23)17-11-15(4-5-18(17)26-2)31(24,25)21-6-8-28-9-7-21/h4-5,10-11H,6-9,12H2,1-3H3. The second-order valence-corrected chi connectivity index (χ2v) is 8.57. The first-order chi connectivity index (χ1) is 14.8. The molecule has 1 aliphatic heterocycles. The zero-order valence-electron chi connectivity index (χ0n) is 17.4. The Balaban J connectivity index is 1.80. The van der Waals surface area contributed by atoms with Crippen molar-refractivity contribution < 1.29 is 41.4 Å². The number of sulfonamides is 1. The maximum absolute atomic E-state index is 12.9. The van der Waals surface area contributed by atoms with Crippen molar-refractivity contribution in [3.63, 3.8) is 0 Å². The number of ether oxygens (including phenoxy) is 4. The number of hydrogen-bond acceptors (Lipinski definition) is 9. The van der Waals surface area contributed by atoms with Crippen molar-refractivity contribution in [3.05, 3.63) is 46.9 Å². The van der Waals surface area contributed by atoms with E-state index in [1.54, 1.807) is 6.92 Å². The third-order valence-electron chi connectivity index (χ3n) is 4.72. The minimum absolute atomic E-state index is 0.0479. The molecule has 0 spiro atoms. The van der Waals surface area contributed by atoms with E-state index in [1.807, 2.05) is 0 Å². The van der Waals surface area contributed by atoms with E-state index >= 15 is 0 Å². The highest BCUT2D eigenvalue weighted by Gasteiger charge is 2.28. The van der Waals surface area contributed by atoms with Gasteiger partial charge in [0, 0.05) is 13.1 Å². The monoisotopic (exact) mass is 453 g/mol. The molecule has 0 N–H and O–H groups in total. The average Bonchev–Trinajstić information content (AvgIpc) is 3.17. The number of nitrogens with zero attached hydrogens (tertiary/aromatic N) is 1. The molecular formula is C20H23NO9S. The van der Waals surface area contributed by atoms with Crippen molar-refractivity contribution in [2.75, 3.05) is 40.5 Å². The molecule has 2 heterocycles. The van der Waals surface area contributed by atoms with Gasteiger partial charge in [0.15, 0.2) is 0 Å². The second-order valence-electron chi connectivity index (χ2n) is 6.63. The van der Waals surface area contributed by atoms with E-state index in [4.69, 9.17) is 18.6 Å². The van der Waals surface area contributed by atoms with Crippen LogP contribution >= 0.6 is 0 Å². The van der Waals surface area contributed by atoms with E-state index < -0.39 is 22.0 Å². The van der Waals surface area contributed by atoms with Gasteiger partial charge in [0.05, 0.1) is 32.3 Å². The predicted octanol–water partition coefficient (Wildman–Crippen LogP) is 1.76. The van der Waals surface area contributed by atoms with Crippen molar-refractivity contribution in [2.45, 2.75) is 18.4 Å². The zero-order valence-corrected chi connectivity index (χ0v) is 18.2. The smallest absolute Gasteiger partial charge is 0.342 e. The fourth-order valence-electron chi connectivity index (χ4n) is 3.08. The van der Waals surface area contributed by atoms with Gasteiger partial charge in [-0.2, -0.15) is 4.31 Å². The molecule has 0 amide bonds. The van der Waals surface area contributed by atoms with Crippen LogP contribution in [0.1, 0.15) is 32.2 Å². The summed E-state index contributed by atoms with van der Waals surface area (Å²) >= 11 is 0. The summed E-state index contributed by atoms with van der Waals surface area (Å²) in [5.41, 5.74) is 0.179. The lowest BCUT2D eigenvalue weighted by Crippen LogP contribution is -2.40. The Morgan fingerprint density at radius 1 is 1.06 bits per heavy atom. The van der Waals surface area contributed by atoms with Gasteiger partial charge in [-0.15, -0.1) is 0 Å². The van der Waals surface area contributed by atoms with Crippen LogP contribution in [-0.2, 0) is 30.8 Å². The molecule has 10 nitrogen and oxygen atoms in total. The second kappa shape index (κ2) is 9.50. The Hall–Kier alpha value is -2.89. The highest BCUT2D eigenvalue weighted by molar-refractivity contribution is 7.89. The molecule has 0 saturated carbocycles. The van der Waals surface area contributed by atoms with Gasteiger partial charge in [-0.3, -0.25) is 0 Å². The van der Waals surface area contributed by atoms with Crippen LogP contribution in [0.15, 0.2) is 33.6 Å². The molecule has 3 rings (SSSR count). The summed E-state index contributed by atoms with van der Waals surface area (Å²) in [7, 11) is -1.19. The molecule has 0 radical (unpaired) electrons. The van der Waals surface area contributed by atoms with Crippen LogP contribution in [0.2, 0.25) is 0 Å². The molecule has 1 saturated heterocycles. The van der Waals surface area contributed by atoms with Gasteiger partial charge < -0.3 is 23.4 Å². The van der Waals surface area contributed by atoms with E-state index in [9.17, 15) is 18.0 Å². The fourth-order valence-corrected chi connectivity index (χ4v) is 4.52. The molecule has 0 unspecified atom stereocenters. The number of furan rings is 1. The molecule has 1 fully saturated rings. The molecular weight excluding hydrogens is 430 g/mol. The van der Waals surface area contributed by atoms with Crippen LogP contribution < -0.4 is 4.74 Å². The number of benzene rings is 1. The number of aryl methyl sites for hydroxylation is 1. The van der Waals surface area contributed by atoms with E-state index in [0.29, 0.717) is 19.0 Å². The normalized spacial score (nSPS) is 14.8. The van der Waals surface area contributed by atoms with Crippen LogP contribution in [-0.4, -0.2) is 65.2 Å². The van der Waals surface area contributed by atoms with Gasteiger partial charge in [-0.05, 0) is 31.2 Å². The Bertz CT molecular complexity index is 1070. The number of morpholine rings is 1. The van der Waals surface area contributed by atoms with Crippen LogP contribution in [0.4, 0.5) is 0 Å². The summed E-state index contributed by atoms with van der Waals surface area (Å²) < 4.78 is 52.8. The number of hydrogen-bond donors (Lipinski definition) is 0. The number of carbonyl (C=O) groups excluding carboxylic acids is 2. The third kappa shape index (κ3) is 4.89. The molecule has 0 atom stereocenters. The first kappa shape index (κ1) is 22.8. The molecule has 11 heteroatoms. The molecule has 1 aromatic carbocycles. The van der Waals surface area contributed by atoms with Crippen LogP contribution in [0, 0.1) is 6.92 Å². The average molecular weight is 453 g/mol. The Morgan fingerprint density at radius 3 is 2.42 bits per heavy atom. The van der Waals surface area contributed by atoms with Crippen LogP contribution in [0.5, 0.6) is 5.75 Å². The molecule has 2 aromatic rings. The van der Waals surface area contributed by atoms with Gasteiger partial charge in [0.2, 0.25) is 10.0 Å². The Kier molecular flexibility index (Phi) is 6.98. The van der Waals surface area contributed by atoms with Crippen LogP contribution in [0.25, 0.3) is 0 Å². The molecule has 1 aromatic heterocycles. The summed E-state index contributed by atoms with van der Waals surface area (Å²) in [6.45, 7) is 2.39. The van der Waals surface area contributed by atoms with Crippen molar-refractivity contribution in [1.82, 2.24) is 4.31 Å². The molecule has 31 heavy (non-hydrogen) atoms. The highest BCUT2D eigenvalue weighted by Crippen LogP contribution is 2.26. The molecule has 0 bridgehead atoms. The Labute approximate surface area is 179 Å². The summed E-state index contributed by atoms with van der Waals surface area (Å²) in [6.07, 6.45) is 0. The van der Waals surface area contributed by atoms with Crippen molar-refractivity contribution in [1.29, 1.82) is 0 Å². The minimum Gasteiger partial charge on any atom is -0.496 e. The predicted molar refractivity (Wildman–Crippen MR) is 106 cm³/mol. The van der Waals surface area contributed by atoms with E-state index in [0.717, 1.165) is 0 Å². The summed E-state index contributed by atoms with van der Waals surface area (Å²) in [5.74, 6) is -0.640. The molecule has 1 aliphatic rings. The molecule has 168 valence electrons. The van der Waals surface area contributed by atoms with Gasteiger partial charge in [0.25, 0.3) is 0 Å². The van der Waals surface area contributed by atoms with Crippen LogP contribution in [0.3, 0.4) is 0 Å². The van der Waals surface area contributed by atoms with Crippen molar-refractivity contribution >= 4 is 22.0 Å². The van der Waals surface area contributed by atoms with Gasteiger partial charge in [-0.1, -0.05) is 0 Å². The van der Waals surface area contributed by atoms with Crippen molar-refractivity contribution in [2.24, 2.45) is 0 Å². The third-order valence-corrected chi connectivity index (χ3v) is 6.61. The lowest BCUT2D eigenvalue weighted by Gasteiger charge is -2.26. The topological polar surface area (TPSA) is 122 Å². The van der Waals surface area contributed by atoms with Gasteiger partial charge in [0.1, 0.15) is 35.0 Å².